The van der Waals surface area contributed by atoms with Gasteiger partial charge in [0.1, 0.15) is 11.3 Å². The van der Waals surface area contributed by atoms with Gasteiger partial charge in [0.15, 0.2) is 5.69 Å². The highest BCUT2D eigenvalue weighted by atomic mass is 19.3. The van der Waals surface area contributed by atoms with E-state index in [1.54, 1.807) is 11.9 Å². The minimum absolute atomic E-state index is 0.111. The number of aryl methyl sites for hydroxylation is 1. The molecule has 1 saturated carbocycles. The van der Waals surface area contributed by atoms with Crippen LogP contribution in [0.1, 0.15) is 57.4 Å². The van der Waals surface area contributed by atoms with Crippen molar-refractivity contribution in [3.05, 3.63) is 34.9 Å². The molecule has 4 rings (SSSR count). The molecule has 0 atom stereocenters. The van der Waals surface area contributed by atoms with Crippen LogP contribution < -0.4 is 4.90 Å². The molecule has 11 heteroatoms. The van der Waals surface area contributed by atoms with Crippen molar-refractivity contribution < 1.29 is 23.5 Å². The number of carbonyl (C=O) groups is 2. The second-order valence-electron chi connectivity index (χ2n) is 7.24. The number of anilines is 1. The first-order valence-electron chi connectivity index (χ1n) is 9.31. The van der Waals surface area contributed by atoms with Gasteiger partial charge in [-0.3, -0.25) is 9.48 Å². The average molecular weight is 406 g/mol. The number of carboxylic acids is 1. The van der Waals surface area contributed by atoms with Gasteiger partial charge in [0.05, 0.1) is 0 Å². The van der Waals surface area contributed by atoms with E-state index < -0.39 is 18.3 Å². The molecule has 9 nitrogen and oxygen atoms in total. The lowest BCUT2D eigenvalue weighted by Gasteiger charge is -2.34. The van der Waals surface area contributed by atoms with Crippen LogP contribution in [0.25, 0.3) is 0 Å². The first-order valence-corrected chi connectivity index (χ1v) is 9.31. The minimum atomic E-state index is -2.67. The summed E-state index contributed by atoms with van der Waals surface area (Å²) in [7, 11) is 1.55. The fourth-order valence-corrected chi connectivity index (χ4v) is 3.38. The van der Waals surface area contributed by atoms with Crippen LogP contribution in [0.3, 0.4) is 0 Å². The number of hydrogen-bond donors (Lipinski definition) is 1. The molecule has 29 heavy (non-hydrogen) atoms. The summed E-state index contributed by atoms with van der Waals surface area (Å²) in [5.74, 6) is -1.22. The highest BCUT2D eigenvalue weighted by molar-refractivity contribution is 6.03. The summed E-state index contributed by atoms with van der Waals surface area (Å²) in [5.41, 5.74) is 0.0979. The Labute approximate surface area is 165 Å². The summed E-state index contributed by atoms with van der Waals surface area (Å²) in [6.45, 7) is 1.29. The maximum absolute atomic E-state index is 13.2. The smallest absolute Gasteiger partial charge is 0.339 e. The number of nitrogens with zero attached hydrogens (tertiary/aromatic N) is 6. The van der Waals surface area contributed by atoms with Gasteiger partial charge in [-0.1, -0.05) is 0 Å². The van der Waals surface area contributed by atoms with Gasteiger partial charge in [-0.15, -0.1) is 0 Å². The normalized spacial score (nSPS) is 17.1. The molecule has 2 aliphatic rings. The van der Waals surface area contributed by atoms with Crippen LogP contribution in [0, 0.1) is 0 Å². The monoisotopic (exact) mass is 406 g/mol. The number of piperazine rings is 1. The van der Waals surface area contributed by atoms with Crippen molar-refractivity contribution in [2.75, 3.05) is 31.1 Å². The van der Waals surface area contributed by atoms with Gasteiger partial charge >= 0.3 is 5.97 Å². The number of carboxylic acid groups (broad SMARTS) is 1. The Hall–Kier alpha value is -3.11. The topological polar surface area (TPSA) is 104 Å². The average Bonchev–Trinajstić information content (AvgIpc) is 3.48. The standard InChI is InChI=1S/C18H20F2N6O3/c1-24-9-11(17(28)29)14(23-24)16(27)25-4-6-26(7-5-25)18-21-12(10-2-3-10)8-13(22-18)15(19)20/h8-10,15H,2-7H2,1H3,(H,28,29). The van der Waals surface area contributed by atoms with Crippen molar-refractivity contribution in [1.82, 2.24) is 24.6 Å². The van der Waals surface area contributed by atoms with E-state index in [1.165, 1.54) is 21.8 Å². The fraction of sp³-hybridized carbons (Fsp3) is 0.500. The van der Waals surface area contributed by atoms with Gasteiger partial charge in [0, 0.05) is 51.0 Å². The number of aromatic nitrogens is 4. The van der Waals surface area contributed by atoms with Gasteiger partial charge in [-0.05, 0) is 18.9 Å². The number of aromatic carboxylic acids is 1. The van der Waals surface area contributed by atoms with E-state index >= 15 is 0 Å². The SMILES string of the molecule is Cn1cc(C(=O)O)c(C(=O)N2CCN(c3nc(C(F)F)cc(C4CC4)n3)CC2)n1. The molecule has 1 aliphatic heterocycles. The second-order valence-corrected chi connectivity index (χ2v) is 7.24. The van der Waals surface area contributed by atoms with Crippen LogP contribution in [-0.4, -0.2) is 67.8 Å². The Balaban J connectivity index is 1.49. The fourth-order valence-electron chi connectivity index (χ4n) is 3.38. The number of amides is 1. The van der Waals surface area contributed by atoms with E-state index in [9.17, 15) is 23.5 Å². The van der Waals surface area contributed by atoms with Crippen LogP contribution in [0.5, 0.6) is 0 Å². The minimum Gasteiger partial charge on any atom is -0.478 e. The summed E-state index contributed by atoms with van der Waals surface area (Å²) in [6.07, 6.45) is 0.500. The van der Waals surface area contributed by atoms with Gasteiger partial charge in [0.25, 0.3) is 12.3 Å². The van der Waals surface area contributed by atoms with E-state index in [0.717, 1.165) is 12.8 Å². The van der Waals surface area contributed by atoms with Crippen LogP contribution in [0.4, 0.5) is 14.7 Å². The van der Waals surface area contributed by atoms with Crippen LogP contribution in [-0.2, 0) is 7.05 Å². The zero-order chi connectivity index (χ0) is 20.7. The summed E-state index contributed by atoms with van der Waals surface area (Å²) >= 11 is 0. The van der Waals surface area contributed by atoms with Crippen molar-refractivity contribution in [3.8, 4) is 0 Å². The van der Waals surface area contributed by atoms with Crippen molar-refractivity contribution in [1.29, 1.82) is 0 Å². The molecule has 0 spiro atoms. The van der Waals surface area contributed by atoms with Crippen LogP contribution >= 0.6 is 0 Å². The van der Waals surface area contributed by atoms with Crippen molar-refractivity contribution in [2.45, 2.75) is 25.2 Å². The molecular formula is C18H20F2N6O3. The second kappa shape index (κ2) is 7.37. The quantitative estimate of drug-likeness (QED) is 0.806. The highest BCUT2D eigenvalue weighted by Gasteiger charge is 2.31. The van der Waals surface area contributed by atoms with E-state index in [-0.39, 0.29) is 41.9 Å². The predicted octanol–water partition coefficient (Wildman–Crippen LogP) is 1.69. The third-order valence-electron chi connectivity index (χ3n) is 5.08. The highest BCUT2D eigenvalue weighted by Crippen LogP contribution is 2.40. The summed E-state index contributed by atoms with van der Waals surface area (Å²) in [5, 5.41) is 13.2. The first-order chi connectivity index (χ1) is 13.8. The molecule has 1 N–H and O–H groups in total. The molecule has 0 bridgehead atoms. The third-order valence-corrected chi connectivity index (χ3v) is 5.08. The van der Waals surface area contributed by atoms with E-state index in [2.05, 4.69) is 15.1 Å². The lowest BCUT2D eigenvalue weighted by molar-refractivity contribution is 0.0671. The molecule has 1 amide bonds. The van der Waals surface area contributed by atoms with Gasteiger partial charge < -0.3 is 14.9 Å². The number of hydrogen-bond acceptors (Lipinski definition) is 6. The summed E-state index contributed by atoms with van der Waals surface area (Å²) < 4.78 is 27.7. The van der Waals surface area contributed by atoms with E-state index in [0.29, 0.717) is 18.8 Å². The Morgan fingerprint density at radius 2 is 1.86 bits per heavy atom. The Morgan fingerprint density at radius 1 is 1.17 bits per heavy atom. The maximum atomic E-state index is 13.2. The largest absolute Gasteiger partial charge is 0.478 e. The zero-order valence-corrected chi connectivity index (χ0v) is 15.8. The predicted molar refractivity (Wildman–Crippen MR) is 97.2 cm³/mol. The number of alkyl halides is 2. The molecule has 3 heterocycles. The van der Waals surface area contributed by atoms with Crippen LogP contribution in [0.15, 0.2) is 12.3 Å². The molecule has 1 saturated heterocycles. The van der Waals surface area contributed by atoms with Crippen LogP contribution in [0.2, 0.25) is 0 Å². The van der Waals surface area contributed by atoms with E-state index in [4.69, 9.17) is 0 Å². The Morgan fingerprint density at radius 3 is 2.45 bits per heavy atom. The van der Waals surface area contributed by atoms with E-state index in [1.807, 2.05) is 0 Å². The molecular weight excluding hydrogens is 386 g/mol. The van der Waals surface area contributed by atoms with Gasteiger partial charge in [0.2, 0.25) is 5.95 Å². The number of rotatable bonds is 5. The molecule has 2 aromatic rings. The van der Waals surface area contributed by atoms with Crippen molar-refractivity contribution in [3.63, 3.8) is 0 Å². The lowest BCUT2D eigenvalue weighted by Crippen LogP contribution is -2.49. The van der Waals surface area contributed by atoms with Gasteiger partial charge in [-0.2, -0.15) is 5.10 Å². The summed E-state index contributed by atoms with van der Waals surface area (Å²) in [6, 6.07) is 1.38. The molecule has 1 aliphatic carbocycles. The molecule has 2 fully saturated rings. The maximum Gasteiger partial charge on any atom is 0.339 e. The Bertz CT molecular complexity index is 931. The lowest BCUT2D eigenvalue weighted by atomic mass is 10.2. The van der Waals surface area contributed by atoms with Crippen molar-refractivity contribution in [2.24, 2.45) is 7.05 Å². The van der Waals surface area contributed by atoms with Gasteiger partial charge in [-0.25, -0.2) is 23.5 Å². The summed E-state index contributed by atoms with van der Waals surface area (Å²) in [4.78, 5) is 35.8. The third kappa shape index (κ3) is 3.89. The molecule has 154 valence electrons. The first kappa shape index (κ1) is 19.2. The number of halogens is 2. The van der Waals surface area contributed by atoms with Crippen molar-refractivity contribution >= 4 is 17.8 Å². The molecule has 0 unspecified atom stereocenters. The Kier molecular flexibility index (Phi) is 4.89. The number of carbonyl (C=O) groups excluding carboxylic acids is 1. The molecule has 0 radical (unpaired) electrons. The molecule has 0 aromatic carbocycles. The zero-order valence-electron chi connectivity index (χ0n) is 15.8. The molecule has 2 aromatic heterocycles.